The van der Waals surface area contributed by atoms with Crippen LogP contribution in [0.25, 0.3) is 11.1 Å². The van der Waals surface area contributed by atoms with Gasteiger partial charge in [-0.2, -0.15) is 0 Å². The van der Waals surface area contributed by atoms with Crippen LogP contribution in [0.2, 0.25) is 0 Å². The summed E-state index contributed by atoms with van der Waals surface area (Å²) >= 11 is 6.90. The van der Waals surface area contributed by atoms with Crippen molar-refractivity contribution in [3.8, 4) is 11.1 Å². The second kappa shape index (κ2) is 5.65. The molecule has 0 N–H and O–H groups in total. The average Bonchev–Trinajstić information content (AvgIpc) is 2.32. The van der Waals surface area contributed by atoms with Gasteiger partial charge in [0.25, 0.3) is 0 Å². The highest BCUT2D eigenvalue weighted by atomic mass is 79.9. The summed E-state index contributed by atoms with van der Waals surface area (Å²) in [5.74, 6) is 0. The lowest BCUT2D eigenvalue weighted by Crippen LogP contribution is -1.85. The molecule has 2 aromatic rings. The second-order valence-corrected chi connectivity index (χ2v) is 5.35. The van der Waals surface area contributed by atoms with E-state index in [0.717, 1.165) is 16.2 Å². The van der Waals surface area contributed by atoms with Crippen molar-refractivity contribution in [1.82, 2.24) is 0 Å². The van der Waals surface area contributed by atoms with E-state index in [2.05, 4.69) is 80.4 Å². The second-order valence-electron chi connectivity index (χ2n) is 3.64. The Bertz CT molecular complexity index is 443. The molecule has 0 aromatic heterocycles. The minimum absolute atomic E-state index is 1.02. The minimum Gasteiger partial charge on any atom is -0.0924 e. The number of halogens is 2. The van der Waals surface area contributed by atoms with Crippen molar-refractivity contribution in [2.75, 3.05) is 5.33 Å². The molecule has 0 saturated carbocycles. The molecule has 0 unspecified atom stereocenters. The highest BCUT2D eigenvalue weighted by Gasteiger charge is 1.97. The summed E-state index contributed by atoms with van der Waals surface area (Å²) in [5.41, 5.74) is 3.90. The van der Waals surface area contributed by atoms with E-state index in [1.807, 2.05) is 0 Å². The van der Waals surface area contributed by atoms with Crippen LogP contribution in [0.3, 0.4) is 0 Å². The van der Waals surface area contributed by atoms with Crippen LogP contribution in [0.5, 0.6) is 0 Å². The van der Waals surface area contributed by atoms with Gasteiger partial charge in [0.2, 0.25) is 0 Å². The first kappa shape index (κ1) is 11.9. The smallest absolute Gasteiger partial charge is 0.0175 e. The molecule has 0 bridgehead atoms. The molecular weight excluding hydrogens is 328 g/mol. The molecule has 2 aromatic carbocycles. The highest BCUT2D eigenvalue weighted by Crippen LogP contribution is 2.22. The maximum Gasteiger partial charge on any atom is 0.0175 e. The van der Waals surface area contributed by atoms with Crippen LogP contribution in [0.1, 0.15) is 5.56 Å². The van der Waals surface area contributed by atoms with E-state index in [4.69, 9.17) is 0 Å². The van der Waals surface area contributed by atoms with Crippen molar-refractivity contribution in [2.24, 2.45) is 0 Å². The third-order valence-corrected chi connectivity index (χ3v) is 3.44. The summed E-state index contributed by atoms with van der Waals surface area (Å²) in [7, 11) is 0. The number of benzene rings is 2. The number of aryl methyl sites for hydroxylation is 1. The third kappa shape index (κ3) is 2.96. The summed E-state index contributed by atoms with van der Waals surface area (Å²) < 4.78 is 1.12. The Hall–Kier alpha value is -0.600. The summed E-state index contributed by atoms with van der Waals surface area (Å²) in [5, 5.41) is 1.02. The Morgan fingerprint density at radius 3 is 1.75 bits per heavy atom. The Morgan fingerprint density at radius 2 is 1.25 bits per heavy atom. The van der Waals surface area contributed by atoms with Crippen LogP contribution in [-0.4, -0.2) is 5.33 Å². The molecule has 0 radical (unpaired) electrons. The molecule has 16 heavy (non-hydrogen) atoms. The van der Waals surface area contributed by atoms with Crippen LogP contribution in [-0.2, 0) is 6.42 Å². The van der Waals surface area contributed by atoms with Crippen LogP contribution < -0.4 is 0 Å². The minimum atomic E-state index is 1.02. The van der Waals surface area contributed by atoms with Gasteiger partial charge in [0.15, 0.2) is 0 Å². The van der Waals surface area contributed by atoms with Gasteiger partial charge >= 0.3 is 0 Å². The number of alkyl halides is 1. The molecule has 0 heterocycles. The predicted molar refractivity (Wildman–Crippen MR) is 77.1 cm³/mol. The Morgan fingerprint density at radius 1 is 0.750 bits per heavy atom. The average molecular weight is 340 g/mol. The molecule has 2 heteroatoms. The zero-order chi connectivity index (χ0) is 11.4. The fourth-order valence-electron chi connectivity index (χ4n) is 1.62. The monoisotopic (exact) mass is 338 g/mol. The fourth-order valence-corrected chi connectivity index (χ4v) is 2.34. The zero-order valence-corrected chi connectivity index (χ0v) is 12.0. The molecule has 0 saturated heterocycles. The van der Waals surface area contributed by atoms with Crippen LogP contribution in [0, 0.1) is 0 Å². The van der Waals surface area contributed by atoms with Gasteiger partial charge in [-0.3, -0.25) is 0 Å². The lowest BCUT2D eigenvalue weighted by atomic mass is 10.0. The predicted octanol–water partition coefficient (Wildman–Crippen LogP) is 5.05. The lowest BCUT2D eigenvalue weighted by Gasteiger charge is -2.03. The van der Waals surface area contributed by atoms with Crippen molar-refractivity contribution >= 4 is 31.9 Å². The van der Waals surface area contributed by atoms with Gasteiger partial charge in [-0.25, -0.2) is 0 Å². The summed E-state index contributed by atoms with van der Waals surface area (Å²) in [4.78, 5) is 0. The Kier molecular flexibility index (Phi) is 4.19. The van der Waals surface area contributed by atoms with Crippen LogP contribution in [0.15, 0.2) is 53.0 Å². The Labute approximate surface area is 113 Å². The maximum absolute atomic E-state index is 3.45. The molecule has 0 aliphatic rings. The van der Waals surface area contributed by atoms with Gasteiger partial charge in [-0.1, -0.05) is 68.3 Å². The van der Waals surface area contributed by atoms with Crippen molar-refractivity contribution in [1.29, 1.82) is 0 Å². The van der Waals surface area contributed by atoms with E-state index >= 15 is 0 Å². The summed E-state index contributed by atoms with van der Waals surface area (Å²) in [6.07, 6.45) is 1.08. The van der Waals surface area contributed by atoms with Crippen molar-refractivity contribution in [3.05, 3.63) is 58.6 Å². The maximum atomic E-state index is 3.45. The Balaban J connectivity index is 2.24. The molecular formula is C14H12Br2. The van der Waals surface area contributed by atoms with E-state index in [9.17, 15) is 0 Å². The molecule has 2 rings (SSSR count). The van der Waals surface area contributed by atoms with Crippen molar-refractivity contribution < 1.29 is 0 Å². The molecule has 82 valence electrons. The van der Waals surface area contributed by atoms with Gasteiger partial charge in [0, 0.05) is 9.80 Å². The largest absolute Gasteiger partial charge is 0.0924 e. The number of rotatable bonds is 3. The topological polar surface area (TPSA) is 0 Å². The quantitative estimate of drug-likeness (QED) is 0.686. The van der Waals surface area contributed by atoms with Gasteiger partial charge < -0.3 is 0 Å². The van der Waals surface area contributed by atoms with Crippen LogP contribution in [0.4, 0.5) is 0 Å². The van der Waals surface area contributed by atoms with Crippen molar-refractivity contribution in [2.45, 2.75) is 6.42 Å². The molecule has 0 atom stereocenters. The first-order chi connectivity index (χ1) is 7.79. The lowest BCUT2D eigenvalue weighted by molar-refractivity contribution is 1.17. The molecule has 0 amide bonds. The van der Waals surface area contributed by atoms with Gasteiger partial charge in [-0.05, 0) is 35.2 Å². The standard InChI is InChI=1S/C14H12Br2/c15-10-9-11-1-3-12(4-2-11)13-5-7-14(16)8-6-13/h1-8H,9-10H2. The molecule has 0 nitrogen and oxygen atoms in total. The molecule has 0 aliphatic heterocycles. The van der Waals surface area contributed by atoms with Gasteiger partial charge in [0.1, 0.15) is 0 Å². The molecule has 0 spiro atoms. The van der Waals surface area contributed by atoms with E-state index < -0.39 is 0 Å². The molecule has 0 fully saturated rings. The third-order valence-electron chi connectivity index (χ3n) is 2.51. The van der Waals surface area contributed by atoms with E-state index in [-0.39, 0.29) is 0 Å². The summed E-state index contributed by atoms with van der Waals surface area (Å²) in [6, 6.07) is 17.1. The first-order valence-corrected chi connectivity index (χ1v) is 7.12. The van der Waals surface area contributed by atoms with E-state index in [1.54, 1.807) is 0 Å². The summed E-state index contributed by atoms with van der Waals surface area (Å²) in [6.45, 7) is 0. The fraction of sp³-hybridized carbons (Fsp3) is 0.143. The SMILES string of the molecule is BrCCc1ccc(-c2ccc(Br)cc2)cc1. The van der Waals surface area contributed by atoms with E-state index in [0.29, 0.717) is 0 Å². The van der Waals surface area contributed by atoms with Crippen LogP contribution >= 0.6 is 31.9 Å². The number of hydrogen-bond donors (Lipinski definition) is 0. The van der Waals surface area contributed by atoms with Gasteiger partial charge in [0.05, 0.1) is 0 Å². The van der Waals surface area contributed by atoms with Gasteiger partial charge in [-0.15, -0.1) is 0 Å². The molecule has 0 aliphatic carbocycles. The first-order valence-electron chi connectivity index (χ1n) is 5.20. The van der Waals surface area contributed by atoms with E-state index in [1.165, 1.54) is 16.7 Å². The highest BCUT2D eigenvalue weighted by molar-refractivity contribution is 9.10. The normalized spacial score (nSPS) is 10.4. The van der Waals surface area contributed by atoms with Crippen molar-refractivity contribution in [3.63, 3.8) is 0 Å². The zero-order valence-electron chi connectivity index (χ0n) is 8.79. The number of hydrogen-bond acceptors (Lipinski definition) is 0.